The van der Waals surface area contributed by atoms with Gasteiger partial charge < -0.3 is 4.74 Å². The van der Waals surface area contributed by atoms with Crippen molar-refractivity contribution < 1.29 is 24.8 Å². The first kappa shape index (κ1) is 16.4. The van der Waals surface area contributed by atoms with E-state index in [-0.39, 0.29) is 20.1 Å². The van der Waals surface area contributed by atoms with Crippen LogP contribution < -0.4 is 4.74 Å². The molecule has 0 saturated carbocycles. The van der Waals surface area contributed by atoms with Crippen molar-refractivity contribution in [3.63, 3.8) is 0 Å². The molecule has 1 radical (unpaired) electrons. The zero-order valence-corrected chi connectivity index (χ0v) is 14.9. The predicted octanol–water partition coefficient (Wildman–Crippen LogP) is 4.99. The van der Waals surface area contributed by atoms with Gasteiger partial charge in [-0.1, -0.05) is 36.4 Å². The van der Waals surface area contributed by atoms with Gasteiger partial charge in [0.15, 0.2) is 0 Å². The number of ether oxygens (including phenoxy) is 1. The van der Waals surface area contributed by atoms with Crippen LogP contribution in [0.5, 0.6) is 5.75 Å². The normalized spacial score (nSPS) is 11.1. The average molecular weight is 468 g/mol. The van der Waals surface area contributed by atoms with E-state index in [4.69, 9.17) is 4.74 Å². The second-order valence-corrected chi connectivity index (χ2v) is 4.96. The Hall–Kier alpha value is -1.96. The number of hydrogen-bond donors (Lipinski definition) is 0. The van der Waals surface area contributed by atoms with E-state index in [0.29, 0.717) is 0 Å². The van der Waals surface area contributed by atoms with E-state index in [1.165, 1.54) is 10.8 Å². The minimum Gasteiger partial charge on any atom is -0.497 e. The van der Waals surface area contributed by atoms with Gasteiger partial charge in [0.1, 0.15) is 5.75 Å². The van der Waals surface area contributed by atoms with Gasteiger partial charge in [0, 0.05) is 25.8 Å². The van der Waals surface area contributed by atoms with Crippen LogP contribution in [0, 0.1) is 0 Å². The van der Waals surface area contributed by atoms with Crippen LogP contribution in [-0.4, -0.2) is 12.8 Å². The molecule has 0 aliphatic rings. The fourth-order valence-corrected chi connectivity index (χ4v) is 2.33. The van der Waals surface area contributed by atoms with Gasteiger partial charge in [0.25, 0.3) is 0 Å². The molecule has 0 heterocycles. The third-order valence-corrected chi connectivity index (χ3v) is 3.54. The Morgan fingerprint density at radius 2 is 1.55 bits per heavy atom. The quantitative estimate of drug-likeness (QED) is 0.498. The second kappa shape index (κ2) is 7.35. The number of rotatable bonds is 3. The minimum absolute atomic E-state index is 0. The van der Waals surface area contributed by atoms with Crippen molar-refractivity contribution in [3.8, 4) is 5.75 Å². The summed E-state index contributed by atoms with van der Waals surface area (Å²) in [4.78, 5) is 4.67. The number of benzene rings is 3. The van der Waals surface area contributed by atoms with Crippen LogP contribution in [0.2, 0.25) is 0 Å². The molecule has 0 bridgehead atoms. The Morgan fingerprint density at radius 1 is 0.864 bits per heavy atom. The van der Waals surface area contributed by atoms with E-state index in [9.17, 15) is 0 Å². The smallest absolute Gasteiger partial charge is 0.119 e. The predicted molar refractivity (Wildman–Crippen MR) is 88.8 cm³/mol. The molecule has 3 heteroatoms. The zero-order valence-electron chi connectivity index (χ0n) is 12.5. The van der Waals surface area contributed by atoms with E-state index < -0.39 is 0 Å². The summed E-state index contributed by atoms with van der Waals surface area (Å²) in [5.41, 5.74) is 3.08. The van der Waals surface area contributed by atoms with Crippen LogP contribution in [0.15, 0.2) is 71.7 Å². The van der Waals surface area contributed by atoms with Crippen LogP contribution in [0.3, 0.4) is 0 Å². The molecule has 0 N–H and O–H groups in total. The Balaban J connectivity index is 0.00000176. The molecule has 0 atom stereocenters. The van der Waals surface area contributed by atoms with Crippen molar-refractivity contribution >= 4 is 22.2 Å². The van der Waals surface area contributed by atoms with Gasteiger partial charge in [-0.2, -0.15) is 0 Å². The molecule has 0 unspecified atom stereocenters. The third kappa shape index (κ3) is 3.62. The first-order valence-electron chi connectivity index (χ1n) is 6.95. The van der Waals surface area contributed by atoms with E-state index in [0.717, 1.165) is 22.7 Å². The molecule has 0 amide bonds. The maximum atomic E-state index is 5.16. The SMILES string of the molecule is COc1ccc(/N=C(\C)c2ccc3ccccc3c2)cc1.[Ir]. The van der Waals surface area contributed by atoms with Crippen molar-refractivity contribution in [2.45, 2.75) is 6.92 Å². The van der Waals surface area contributed by atoms with Crippen LogP contribution in [-0.2, 0) is 20.1 Å². The molecule has 3 aromatic carbocycles. The summed E-state index contributed by atoms with van der Waals surface area (Å²) in [5.74, 6) is 0.845. The Kier molecular flexibility index (Phi) is 5.48. The van der Waals surface area contributed by atoms with Crippen molar-refractivity contribution in [2.24, 2.45) is 4.99 Å². The van der Waals surface area contributed by atoms with E-state index in [1.54, 1.807) is 7.11 Å². The van der Waals surface area contributed by atoms with Crippen LogP contribution >= 0.6 is 0 Å². The monoisotopic (exact) mass is 468 g/mol. The Labute approximate surface area is 144 Å². The molecule has 0 spiro atoms. The molecule has 3 aromatic rings. The number of aliphatic imine (C=N–C) groups is 1. The van der Waals surface area contributed by atoms with Gasteiger partial charge >= 0.3 is 0 Å². The van der Waals surface area contributed by atoms with Gasteiger partial charge in [-0.25, -0.2) is 0 Å². The molecule has 0 fully saturated rings. The minimum atomic E-state index is 0. The molecular weight excluding hydrogens is 450 g/mol. The van der Waals surface area contributed by atoms with Gasteiger partial charge in [0.2, 0.25) is 0 Å². The molecule has 0 aromatic heterocycles. The molecule has 0 aliphatic carbocycles. The van der Waals surface area contributed by atoms with E-state index >= 15 is 0 Å². The van der Waals surface area contributed by atoms with E-state index in [1.807, 2.05) is 31.2 Å². The summed E-state index contributed by atoms with van der Waals surface area (Å²) >= 11 is 0. The Bertz CT molecular complexity index is 794. The fourth-order valence-electron chi connectivity index (χ4n) is 2.33. The van der Waals surface area contributed by atoms with Gasteiger partial charge in [-0.05, 0) is 53.6 Å². The summed E-state index contributed by atoms with van der Waals surface area (Å²) in [7, 11) is 1.67. The summed E-state index contributed by atoms with van der Waals surface area (Å²) in [6, 6.07) is 22.6. The summed E-state index contributed by atoms with van der Waals surface area (Å²) in [6.07, 6.45) is 0. The zero-order chi connectivity index (χ0) is 14.7. The van der Waals surface area contributed by atoms with Crippen LogP contribution in [0.1, 0.15) is 12.5 Å². The fraction of sp³-hybridized carbons (Fsp3) is 0.105. The second-order valence-electron chi connectivity index (χ2n) is 4.96. The van der Waals surface area contributed by atoms with Gasteiger partial charge in [-0.3, -0.25) is 4.99 Å². The molecule has 3 rings (SSSR count). The Morgan fingerprint density at radius 3 is 2.23 bits per heavy atom. The van der Waals surface area contributed by atoms with Gasteiger partial charge in [0.05, 0.1) is 12.8 Å². The number of methoxy groups -OCH3 is 1. The molecule has 2 nitrogen and oxygen atoms in total. The largest absolute Gasteiger partial charge is 0.497 e. The maximum Gasteiger partial charge on any atom is 0.119 e. The molecule has 113 valence electrons. The molecular formula is C19H17IrNO. The molecule has 0 saturated heterocycles. The van der Waals surface area contributed by atoms with Crippen molar-refractivity contribution in [3.05, 3.63) is 72.3 Å². The van der Waals surface area contributed by atoms with Gasteiger partial charge in [-0.15, -0.1) is 0 Å². The average Bonchev–Trinajstić information content (AvgIpc) is 2.55. The first-order valence-corrected chi connectivity index (χ1v) is 6.95. The maximum absolute atomic E-state index is 5.16. The van der Waals surface area contributed by atoms with Crippen LogP contribution in [0.4, 0.5) is 5.69 Å². The first-order chi connectivity index (χ1) is 10.3. The summed E-state index contributed by atoms with van der Waals surface area (Å²) in [6.45, 7) is 2.04. The number of hydrogen-bond acceptors (Lipinski definition) is 2. The standard InChI is InChI=1S/C19H17NO.Ir/c1-14(20-18-9-11-19(21-2)12-10-18)16-8-7-15-5-3-4-6-17(15)13-16;/h3-13H,1-2H3;/b20-14+;. The number of nitrogens with zero attached hydrogens (tertiary/aromatic N) is 1. The van der Waals surface area contributed by atoms with Crippen molar-refractivity contribution in [1.82, 2.24) is 0 Å². The van der Waals surface area contributed by atoms with Crippen LogP contribution in [0.25, 0.3) is 10.8 Å². The molecule has 22 heavy (non-hydrogen) atoms. The summed E-state index contributed by atoms with van der Waals surface area (Å²) in [5, 5.41) is 2.48. The van der Waals surface area contributed by atoms with E-state index in [2.05, 4.69) is 47.5 Å². The number of fused-ring (bicyclic) bond motifs is 1. The molecule has 0 aliphatic heterocycles. The topological polar surface area (TPSA) is 21.6 Å². The van der Waals surface area contributed by atoms with Crippen molar-refractivity contribution in [2.75, 3.05) is 7.11 Å². The third-order valence-electron chi connectivity index (χ3n) is 3.54. The van der Waals surface area contributed by atoms with Crippen molar-refractivity contribution in [1.29, 1.82) is 0 Å². The summed E-state index contributed by atoms with van der Waals surface area (Å²) < 4.78 is 5.16.